The highest BCUT2D eigenvalue weighted by Gasteiger charge is 2.23. The molecular formula is C15H16N2O2. The van der Waals surface area contributed by atoms with Gasteiger partial charge in [-0.15, -0.1) is 0 Å². The normalized spacial score (nSPS) is 15.2. The Morgan fingerprint density at radius 3 is 2.74 bits per heavy atom. The van der Waals surface area contributed by atoms with Gasteiger partial charge in [-0.1, -0.05) is 6.07 Å². The minimum Gasteiger partial charge on any atom is -0.478 e. The first-order chi connectivity index (χ1) is 9.16. The number of fused-ring (bicyclic) bond motifs is 1. The molecule has 1 fully saturated rings. The summed E-state index contributed by atoms with van der Waals surface area (Å²) in [7, 11) is 2.05. The molecule has 19 heavy (non-hydrogen) atoms. The van der Waals surface area contributed by atoms with Gasteiger partial charge in [0, 0.05) is 18.5 Å². The number of anilines is 1. The average Bonchev–Trinajstić information content (AvgIpc) is 2.35. The van der Waals surface area contributed by atoms with Crippen LogP contribution in [0.2, 0.25) is 0 Å². The first-order valence-electron chi connectivity index (χ1n) is 6.53. The molecule has 1 aromatic carbocycles. The molecule has 1 aromatic heterocycles. The van der Waals surface area contributed by atoms with E-state index in [9.17, 15) is 4.79 Å². The summed E-state index contributed by atoms with van der Waals surface area (Å²) in [6, 6.07) is 9.56. The van der Waals surface area contributed by atoms with Gasteiger partial charge in [-0.3, -0.25) is 0 Å². The zero-order valence-corrected chi connectivity index (χ0v) is 10.8. The van der Waals surface area contributed by atoms with Crippen molar-refractivity contribution in [1.29, 1.82) is 0 Å². The van der Waals surface area contributed by atoms with E-state index in [1.807, 2.05) is 18.2 Å². The fourth-order valence-electron chi connectivity index (χ4n) is 2.49. The van der Waals surface area contributed by atoms with Crippen molar-refractivity contribution in [2.75, 3.05) is 11.9 Å². The van der Waals surface area contributed by atoms with Gasteiger partial charge in [-0.05, 0) is 43.5 Å². The van der Waals surface area contributed by atoms with Gasteiger partial charge in [-0.25, -0.2) is 9.78 Å². The lowest BCUT2D eigenvalue weighted by Crippen LogP contribution is -2.37. The van der Waals surface area contributed by atoms with E-state index in [1.54, 1.807) is 12.1 Å². The minimum atomic E-state index is -0.910. The van der Waals surface area contributed by atoms with E-state index in [-0.39, 0.29) is 0 Å². The van der Waals surface area contributed by atoms with Crippen molar-refractivity contribution in [3.63, 3.8) is 0 Å². The maximum atomic E-state index is 11.2. The molecule has 0 saturated heterocycles. The van der Waals surface area contributed by atoms with Crippen molar-refractivity contribution in [3.8, 4) is 0 Å². The summed E-state index contributed by atoms with van der Waals surface area (Å²) in [5.74, 6) is 0.00670. The fourth-order valence-corrected chi connectivity index (χ4v) is 2.49. The molecule has 0 amide bonds. The van der Waals surface area contributed by atoms with Gasteiger partial charge < -0.3 is 10.0 Å². The topological polar surface area (TPSA) is 53.4 Å². The zero-order valence-electron chi connectivity index (χ0n) is 10.8. The molecule has 1 saturated carbocycles. The van der Waals surface area contributed by atoms with Gasteiger partial charge in [0.1, 0.15) is 5.82 Å². The molecule has 4 heteroatoms. The third kappa shape index (κ3) is 2.03. The largest absolute Gasteiger partial charge is 0.478 e. The van der Waals surface area contributed by atoms with Crippen LogP contribution in [0.25, 0.3) is 10.9 Å². The number of carboxylic acid groups (broad SMARTS) is 1. The Bertz CT molecular complexity index is 635. The van der Waals surface area contributed by atoms with E-state index < -0.39 is 5.97 Å². The van der Waals surface area contributed by atoms with Gasteiger partial charge >= 0.3 is 5.97 Å². The molecule has 0 unspecified atom stereocenters. The van der Waals surface area contributed by atoms with Crippen molar-refractivity contribution < 1.29 is 9.90 Å². The second-order valence-electron chi connectivity index (χ2n) is 5.04. The van der Waals surface area contributed by atoms with E-state index in [4.69, 9.17) is 5.11 Å². The highest BCUT2D eigenvalue weighted by atomic mass is 16.4. The number of hydrogen-bond acceptors (Lipinski definition) is 3. The predicted octanol–water partition coefficient (Wildman–Crippen LogP) is 2.92. The number of carboxylic acids is 1. The molecule has 1 aliphatic carbocycles. The van der Waals surface area contributed by atoms with Gasteiger partial charge in [0.15, 0.2) is 0 Å². The van der Waals surface area contributed by atoms with Crippen LogP contribution < -0.4 is 4.90 Å². The van der Waals surface area contributed by atoms with Crippen LogP contribution in [-0.4, -0.2) is 29.1 Å². The van der Waals surface area contributed by atoms with Crippen molar-refractivity contribution in [3.05, 3.63) is 35.9 Å². The molecule has 1 heterocycles. The molecule has 0 radical (unpaired) electrons. The van der Waals surface area contributed by atoms with Crippen molar-refractivity contribution in [2.24, 2.45) is 0 Å². The molecule has 1 N–H and O–H groups in total. The second kappa shape index (κ2) is 4.53. The van der Waals surface area contributed by atoms with Crippen LogP contribution in [-0.2, 0) is 0 Å². The second-order valence-corrected chi connectivity index (χ2v) is 5.04. The number of aromatic carboxylic acids is 1. The molecule has 2 aromatic rings. The quantitative estimate of drug-likeness (QED) is 0.917. The lowest BCUT2D eigenvalue weighted by Gasteiger charge is -2.35. The molecule has 1 aliphatic rings. The standard InChI is InChI=1S/C15H16N2O2/c1-17(10-4-2-5-10)14-9-8-11-12(15(18)19)6-3-7-13(11)16-14/h3,6-10H,2,4-5H2,1H3,(H,18,19). The Balaban J connectivity index is 2.03. The fraction of sp³-hybridized carbons (Fsp3) is 0.333. The lowest BCUT2D eigenvalue weighted by molar-refractivity contribution is 0.0699. The molecule has 98 valence electrons. The van der Waals surface area contributed by atoms with E-state index in [1.165, 1.54) is 19.3 Å². The van der Waals surface area contributed by atoms with Gasteiger partial charge in [-0.2, -0.15) is 0 Å². The maximum absolute atomic E-state index is 11.2. The third-order valence-electron chi connectivity index (χ3n) is 3.93. The van der Waals surface area contributed by atoms with E-state index in [0.717, 1.165) is 11.3 Å². The number of carbonyl (C=O) groups is 1. The average molecular weight is 256 g/mol. The summed E-state index contributed by atoms with van der Waals surface area (Å²) in [4.78, 5) is 17.9. The van der Waals surface area contributed by atoms with Crippen LogP contribution in [0.3, 0.4) is 0 Å². The van der Waals surface area contributed by atoms with Crippen molar-refractivity contribution in [1.82, 2.24) is 4.98 Å². The number of aromatic nitrogens is 1. The first kappa shape index (κ1) is 12.0. The number of pyridine rings is 1. The molecule has 0 bridgehead atoms. The zero-order chi connectivity index (χ0) is 13.4. The summed E-state index contributed by atoms with van der Waals surface area (Å²) < 4.78 is 0. The van der Waals surface area contributed by atoms with Crippen LogP contribution in [0.1, 0.15) is 29.6 Å². The Labute approximate surface area is 111 Å². The third-order valence-corrected chi connectivity index (χ3v) is 3.93. The Morgan fingerprint density at radius 1 is 1.32 bits per heavy atom. The van der Waals surface area contributed by atoms with Crippen LogP contribution in [0.4, 0.5) is 5.82 Å². The van der Waals surface area contributed by atoms with E-state index >= 15 is 0 Å². The van der Waals surface area contributed by atoms with Crippen LogP contribution in [0.15, 0.2) is 30.3 Å². The highest BCUT2D eigenvalue weighted by molar-refractivity contribution is 6.02. The Morgan fingerprint density at radius 2 is 2.11 bits per heavy atom. The van der Waals surface area contributed by atoms with Crippen molar-refractivity contribution >= 4 is 22.7 Å². The molecular weight excluding hydrogens is 240 g/mol. The summed E-state index contributed by atoms with van der Waals surface area (Å²) >= 11 is 0. The van der Waals surface area contributed by atoms with E-state index in [0.29, 0.717) is 17.0 Å². The smallest absolute Gasteiger partial charge is 0.336 e. The van der Waals surface area contributed by atoms with Crippen LogP contribution >= 0.6 is 0 Å². The highest BCUT2D eigenvalue weighted by Crippen LogP contribution is 2.28. The summed E-state index contributed by atoms with van der Waals surface area (Å²) in [5.41, 5.74) is 1.05. The Hall–Kier alpha value is -2.10. The summed E-state index contributed by atoms with van der Waals surface area (Å²) in [5, 5.41) is 9.85. The van der Waals surface area contributed by atoms with Crippen LogP contribution in [0, 0.1) is 0 Å². The minimum absolute atomic E-state index is 0.308. The lowest BCUT2D eigenvalue weighted by atomic mass is 9.92. The molecule has 0 atom stereocenters. The molecule has 0 spiro atoms. The maximum Gasteiger partial charge on any atom is 0.336 e. The molecule has 4 nitrogen and oxygen atoms in total. The number of nitrogens with zero attached hydrogens (tertiary/aromatic N) is 2. The van der Waals surface area contributed by atoms with Crippen LogP contribution in [0.5, 0.6) is 0 Å². The summed E-state index contributed by atoms with van der Waals surface area (Å²) in [6.45, 7) is 0. The van der Waals surface area contributed by atoms with Gasteiger partial charge in [0.25, 0.3) is 0 Å². The molecule has 0 aliphatic heterocycles. The SMILES string of the molecule is CN(c1ccc2c(C(=O)O)cccc2n1)C1CCC1. The predicted molar refractivity (Wildman–Crippen MR) is 74.7 cm³/mol. The number of rotatable bonds is 3. The van der Waals surface area contributed by atoms with Gasteiger partial charge in [0.05, 0.1) is 11.1 Å². The first-order valence-corrected chi connectivity index (χ1v) is 6.53. The summed E-state index contributed by atoms with van der Waals surface area (Å²) in [6.07, 6.45) is 3.71. The monoisotopic (exact) mass is 256 g/mol. The number of benzene rings is 1. The molecule has 3 rings (SSSR count). The Kier molecular flexibility index (Phi) is 2.85. The van der Waals surface area contributed by atoms with Crippen molar-refractivity contribution in [2.45, 2.75) is 25.3 Å². The number of hydrogen-bond donors (Lipinski definition) is 1. The van der Waals surface area contributed by atoms with Gasteiger partial charge in [0.2, 0.25) is 0 Å². The van der Waals surface area contributed by atoms with E-state index in [2.05, 4.69) is 16.9 Å².